The molecule has 3 rings (SSSR count). The predicted molar refractivity (Wildman–Crippen MR) is 93.8 cm³/mol. The second-order valence-corrected chi connectivity index (χ2v) is 6.16. The molecule has 1 saturated carbocycles. The van der Waals surface area contributed by atoms with Gasteiger partial charge in [-0.15, -0.1) is 0 Å². The second kappa shape index (κ2) is 8.61. The molecule has 1 heterocycles. The number of halogens is 2. The molecule has 1 fully saturated rings. The summed E-state index contributed by atoms with van der Waals surface area (Å²) in [6, 6.07) is 2.66. The number of hydrogen-bond donors (Lipinski definition) is 2. The maximum absolute atomic E-state index is 13.6. The molecule has 144 valence electrons. The minimum atomic E-state index is -0.819. The molecule has 2 aromatic rings. The first kappa shape index (κ1) is 18.8. The third kappa shape index (κ3) is 4.81. The number of nitrogens with one attached hydrogen (secondary N) is 2. The van der Waals surface area contributed by atoms with Crippen LogP contribution in [0.15, 0.2) is 30.6 Å². The summed E-state index contributed by atoms with van der Waals surface area (Å²) in [5.74, 6) is -0.978. The van der Waals surface area contributed by atoms with Gasteiger partial charge in [-0.3, -0.25) is 0 Å². The molecule has 2 N–H and O–H groups in total. The summed E-state index contributed by atoms with van der Waals surface area (Å²) in [5, 5.41) is 4.96. The number of nitrogens with zero attached hydrogens (tertiary/aromatic N) is 2. The van der Waals surface area contributed by atoms with E-state index in [1.54, 1.807) is 0 Å². The van der Waals surface area contributed by atoms with Crippen LogP contribution in [0.5, 0.6) is 11.8 Å². The summed E-state index contributed by atoms with van der Waals surface area (Å²) in [6.07, 6.45) is 5.69. The number of urea groups is 1. The van der Waals surface area contributed by atoms with Gasteiger partial charge in [0.2, 0.25) is 0 Å². The van der Waals surface area contributed by atoms with Crippen LogP contribution in [0.1, 0.15) is 25.7 Å². The van der Waals surface area contributed by atoms with Crippen molar-refractivity contribution in [3.8, 4) is 11.8 Å². The Balaban J connectivity index is 1.48. The molecule has 0 atom stereocenters. The number of ether oxygens (including phenoxy) is 2. The van der Waals surface area contributed by atoms with Crippen molar-refractivity contribution in [1.82, 2.24) is 15.3 Å². The van der Waals surface area contributed by atoms with Gasteiger partial charge in [-0.25, -0.2) is 23.5 Å². The van der Waals surface area contributed by atoms with Crippen molar-refractivity contribution in [3.05, 3.63) is 42.2 Å². The highest BCUT2D eigenvalue weighted by Gasteiger charge is 2.25. The summed E-state index contributed by atoms with van der Waals surface area (Å²) in [4.78, 5) is 20.2. The van der Waals surface area contributed by atoms with Gasteiger partial charge < -0.3 is 20.1 Å². The normalized spacial score (nSPS) is 19.2. The number of carbonyl (C=O) groups excluding carboxylic acids is 1. The minimum Gasteiger partial charge on any atom is -0.477 e. The predicted octanol–water partition coefficient (Wildman–Crippen LogP) is 3.28. The Morgan fingerprint density at radius 3 is 2.33 bits per heavy atom. The summed E-state index contributed by atoms with van der Waals surface area (Å²) in [6.45, 7) is 0. The molecule has 9 heteroatoms. The Labute approximate surface area is 155 Å². The highest BCUT2D eigenvalue weighted by molar-refractivity contribution is 5.89. The van der Waals surface area contributed by atoms with Crippen molar-refractivity contribution >= 4 is 11.7 Å². The molecule has 0 aliphatic heterocycles. The molecule has 0 bridgehead atoms. The molecule has 1 aromatic heterocycles. The third-order valence-electron chi connectivity index (χ3n) is 4.32. The van der Waals surface area contributed by atoms with Gasteiger partial charge in [0.1, 0.15) is 23.4 Å². The average Bonchev–Trinajstić information content (AvgIpc) is 2.67. The molecule has 1 aliphatic carbocycles. The van der Waals surface area contributed by atoms with E-state index >= 15 is 0 Å². The maximum atomic E-state index is 13.6. The zero-order valence-electron chi connectivity index (χ0n) is 14.7. The van der Waals surface area contributed by atoms with E-state index in [1.807, 2.05) is 0 Å². The summed E-state index contributed by atoms with van der Waals surface area (Å²) < 4.78 is 38.1. The van der Waals surface area contributed by atoms with Gasteiger partial charge in [0, 0.05) is 18.4 Å². The van der Waals surface area contributed by atoms with Crippen molar-refractivity contribution in [3.63, 3.8) is 0 Å². The molecule has 2 amide bonds. The summed E-state index contributed by atoms with van der Waals surface area (Å²) in [5.41, 5.74) is -0.457. The largest absolute Gasteiger partial charge is 0.477 e. The lowest BCUT2D eigenvalue weighted by Gasteiger charge is -2.29. The Morgan fingerprint density at radius 2 is 1.70 bits per heavy atom. The maximum Gasteiger partial charge on any atom is 0.319 e. The highest BCUT2D eigenvalue weighted by Crippen LogP contribution is 2.27. The van der Waals surface area contributed by atoms with Crippen LogP contribution >= 0.6 is 0 Å². The molecule has 1 aromatic carbocycles. The van der Waals surface area contributed by atoms with Crippen molar-refractivity contribution < 1.29 is 23.0 Å². The lowest BCUT2D eigenvalue weighted by atomic mass is 9.93. The van der Waals surface area contributed by atoms with Crippen molar-refractivity contribution in [2.75, 3.05) is 12.4 Å². The molecule has 1 aliphatic rings. The monoisotopic (exact) mass is 378 g/mol. The van der Waals surface area contributed by atoms with Gasteiger partial charge in [0.05, 0.1) is 7.11 Å². The fraction of sp³-hybridized carbons (Fsp3) is 0.389. The molecule has 7 nitrogen and oxygen atoms in total. The molecule has 27 heavy (non-hydrogen) atoms. The van der Waals surface area contributed by atoms with Crippen LogP contribution in [0.25, 0.3) is 0 Å². The van der Waals surface area contributed by atoms with E-state index in [1.165, 1.54) is 25.6 Å². The van der Waals surface area contributed by atoms with Gasteiger partial charge >= 0.3 is 6.03 Å². The molecular formula is C18H20F2N4O3. The molecule has 0 saturated heterocycles. The van der Waals surface area contributed by atoms with E-state index in [0.717, 1.165) is 12.1 Å². The fourth-order valence-corrected chi connectivity index (χ4v) is 2.97. The van der Waals surface area contributed by atoms with Gasteiger partial charge in [-0.2, -0.15) is 0 Å². The first-order valence-electron chi connectivity index (χ1n) is 8.60. The van der Waals surface area contributed by atoms with Gasteiger partial charge in [-0.05, 0) is 37.8 Å². The number of aromatic nitrogens is 2. The third-order valence-corrected chi connectivity index (χ3v) is 4.32. The number of benzene rings is 1. The van der Waals surface area contributed by atoms with E-state index in [9.17, 15) is 13.6 Å². The Morgan fingerprint density at radius 1 is 1.07 bits per heavy atom. The van der Waals surface area contributed by atoms with Crippen molar-refractivity contribution in [1.29, 1.82) is 0 Å². The SMILES string of the molecule is COc1nccnc1OC1CCC(NC(=O)Nc2c(F)cccc2F)CC1. The Bertz CT molecular complexity index is 778. The van der Waals surface area contributed by atoms with Crippen LogP contribution in [0.2, 0.25) is 0 Å². The van der Waals surface area contributed by atoms with Crippen LogP contribution < -0.4 is 20.1 Å². The smallest absolute Gasteiger partial charge is 0.319 e. The number of amides is 2. The highest BCUT2D eigenvalue weighted by atomic mass is 19.1. The standard InChI is InChI=1S/C18H20F2N4O3/c1-26-16-17(22-10-9-21-16)27-12-7-5-11(6-8-12)23-18(25)24-15-13(19)3-2-4-14(15)20/h2-4,9-12H,5-8H2,1H3,(H2,23,24,25). The first-order valence-corrected chi connectivity index (χ1v) is 8.60. The number of hydrogen-bond acceptors (Lipinski definition) is 5. The van der Waals surface area contributed by atoms with E-state index in [0.29, 0.717) is 37.4 Å². The second-order valence-electron chi connectivity index (χ2n) is 6.16. The Hall–Kier alpha value is -2.97. The van der Waals surface area contributed by atoms with Crippen molar-refractivity contribution in [2.45, 2.75) is 37.8 Å². The van der Waals surface area contributed by atoms with E-state index in [4.69, 9.17) is 9.47 Å². The van der Waals surface area contributed by atoms with Crippen LogP contribution in [0.3, 0.4) is 0 Å². The Kier molecular flexibility index (Phi) is 6.00. The number of rotatable bonds is 5. The number of carbonyl (C=O) groups is 1. The average molecular weight is 378 g/mol. The fourth-order valence-electron chi connectivity index (χ4n) is 2.97. The minimum absolute atomic E-state index is 0.0688. The zero-order valence-corrected chi connectivity index (χ0v) is 14.7. The number of methoxy groups -OCH3 is 1. The van der Waals surface area contributed by atoms with Gasteiger partial charge in [-0.1, -0.05) is 6.07 Å². The molecular weight excluding hydrogens is 358 g/mol. The molecule has 0 unspecified atom stereocenters. The topological polar surface area (TPSA) is 85.4 Å². The van der Waals surface area contributed by atoms with E-state index < -0.39 is 23.4 Å². The van der Waals surface area contributed by atoms with Crippen LogP contribution in [-0.2, 0) is 0 Å². The van der Waals surface area contributed by atoms with Crippen LogP contribution in [0.4, 0.5) is 19.3 Å². The molecule has 0 radical (unpaired) electrons. The zero-order chi connectivity index (χ0) is 19.2. The van der Waals surface area contributed by atoms with Gasteiger partial charge in [0.25, 0.3) is 11.8 Å². The number of anilines is 1. The van der Waals surface area contributed by atoms with E-state index in [2.05, 4.69) is 20.6 Å². The quantitative estimate of drug-likeness (QED) is 0.834. The molecule has 0 spiro atoms. The van der Waals surface area contributed by atoms with Crippen LogP contribution in [-0.4, -0.2) is 35.3 Å². The lowest BCUT2D eigenvalue weighted by molar-refractivity contribution is 0.129. The van der Waals surface area contributed by atoms with E-state index in [-0.39, 0.29) is 12.1 Å². The lowest BCUT2D eigenvalue weighted by Crippen LogP contribution is -2.42. The summed E-state index contributed by atoms with van der Waals surface area (Å²) >= 11 is 0. The van der Waals surface area contributed by atoms with Crippen LogP contribution in [0, 0.1) is 11.6 Å². The first-order chi connectivity index (χ1) is 13.1. The van der Waals surface area contributed by atoms with Gasteiger partial charge in [0.15, 0.2) is 0 Å². The summed E-state index contributed by atoms with van der Waals surface area (Å²) in [7, 11) is 1.49. The number of para-hydroxylation sites is 1. The van der Waals surface area contributed by atoms with Crippen molar-refractivity contribution in [2.24, 2.45) is 0 Å².